The highest BCUT2D eigenvalue weighted by atomic mass is 16.5. The molecule has 4 nitrogen and oxygen atoms in total. The molecule has 0 saturated carbocycles. The van der Waals surface area contributed by atoms with Crippen LogP contribution in [0.25, 0.3) is 16.9 Å². The molecule has 0 aliphatic heterocycles. The van der Waals surface area contributed by atoms with E-state index in [0.717, 1.165) is 16.8 Å². The van der Waals surface area contributed by atoms with Gasteiger partial charge >= 0.3 is 5.97 Å². The third-order valence-corrected chi connectivity index (χ3v) is 4.49. The Kier molecular flexibility index (Phi) is 5.02. The Balaban J connectivity index is 1.65. The molecular formula is C24H20N2O2. The van der Waals surface area contributed by atoms with Crippen LogP contribution in [-0.4, -0.2) is 15.7 Å². The molecule has 4 heteroatoms. The lowest BCUT2D eigenvalue weighted by Crippen LogP contribution is -2.06. The zero-order valence-corrected chi connectivity index (χ0v) is 15.6. The fraction of sp³-hybridized carbons (Fsp3) is 0.0833. The summed E-state index contributed by atoms with van der Waals surface area (Å²) in [6.07, 6.45) is 1.73. The lowest BCUT2D eigenvalue weighted by molar-refractivity contribution is 0.0473. The van der Waals surface area contributed by atoms with Crippen molar-refractivity contribution >= 4 is 5.97 Å². The van der Waals surface area contributed by atoms with Crippen molar-refractivity contribution in [1.29, 1.82) is 0 Å². The van der Waals surface area contributed by atoms with Crippen LogP contribution >= 0.6 is 0 Å². The quantitative estimate of drug-likeness (QED) is 0.455. The number of aromatic nitrogens is 2. The minimum atomic E-state index is -0.387. The molecule has 0 radical (unpaired) electrons. The summed E-state index contributed by atoms with van der Waals surface area (Å²) in [5, 5.41) is 4.65. The molecule has 0 aliphatic carbocycles. The molecule has 0 saturated heterocycles. The molecule has 0 amide bonds. The minimum Gasteiger partial charge on any atom is -0.457 e. The highest BCUT2D eigenvalue weighted by molar-refractivity contribution is 5.96. The Hall–Kier alpha value is -3.66. The van der Waals surface area contributed by atoms with Crippen LogP contribution in [-0.2, 0) is 11.3 Å². The van der Waals surface area contributed by atoms with Crippen LogP contribution < -0.4 is 0 Å². The Bertz CT molecular complexity index is 1070. The van der Waals surface area contributed by atoms with Gasteiger partial charge in [-0.15, -0.1) is 0 Å². The Morgan fingerprint density at radius 2 is 1.54 bits per heavy atom. The lowest BCUT2D eigenvalue weighted by atomic mass is 10.1. The SMILES string of the molecule is Cc1ccc(COC(=O)c2cn(-c3ccccc3)nc2-c2ccccc2)cc1. The number of ether oxygens (including phenoxy) is 1. The first-order valence-corrected chi connectivity index (χ1v) is 9.14. The van der Waals surface area contributed by atoms with E-state index < -0.39 is 0 Å². The summed E-state index contributed by atoms with van der Waals surface area (Å²) in [6.45, 7) is 2.25. The molecule has 4 aromatic rings. The average Bonchev–Trinajstić information content (AvgIpc) is 3.20. The van der Waals surface area contributed by atoms with E-state index >= 15 is 0 Å². The van der Waals surface area contributed by atoms with Crippen molar-refractivity contribution in [3.8, 4) is 16.9 Å². The van der Waals surface area contributed by atoms with Crippen LogP contribution in [0.2, 0.25) is 0 Å². The molecule has 0 aliphatic rings. The predicted octanol–water partition coefficient (Wildman–Crippen LogP) is 5.20. The Labute approximate surface area is 164 Å². The van der Waals surface area contributed by atoms with Crippen LogP contribution in [0.5, 0.6) is 0 Å². The molecule has 0 fully saturated rings. The molecule has 28 heavy (non-hydrogen) atoms. The number of nitrogens with zero attached hydrogens (tertiary/aromatic N) is 2. The highest BCUT2D eigenvalue weighted by Crippen LogP contribution is 2.24. The number of carbonyl (C=O) groups is 1. The van der Waals surface area contributed by atoms with Gasteiger partial charge in [-0.1, -0.05) is 78.4 Å². The Morgan fingerprint density at radius 1 is 0.893 bits per heavy atom. The van der Waals surface area contributed by atoms with Gasteiger partial charge in [-0.2, -0.15) is 5.10 Å². The maximum Gasteiger partial charge on any atom is 0.342 e. The van der Waals surface area contributed by atoms with Gasteiger partial charge in [-0.25, -0.2) is 9.48 Å². The van der Waals surface area contributed by atoms with E-state index in [-0.39, 0.29) is 12.6 Å². The first-order valence-electron chi connectivity index (χ1n) is 9.14. The molecule has 4 rings (SSSR count). The zero-order valence-electron chi connectivity index (χ0n) is 15.6. The molecule has 0 N–H and O–H groups in total. The van der Waals surface area contributed by atoms with Crippen LogP contribution in [0.4, 0.5) is 0 Å². The van der Waals surface area contributed by atoms with Crippen molar-refractivity contribution in [2.75, 3.05) is 0 Å². The second-order valence-corrected chi connectivity index (χ2v) is 6.60. The van der Waals surface area contributed by atoms with Crippen molar-refractivity contribution in [3.05, 3.63) is 108 Å². The molecule has 0 atom stereocenters. The monoisotopic (exact) mass is 368 g/mol. The van der Waals surface area contributed by atoms with Gasteiger partial charge in [-0.3, -0.25) is 0 Å². The molecule has 0 bridgehead atoms. The van der Waals surface area contributed by atoms with Crippen LogP contribution in [0, 0.1) is 6.92 Å². The molecule has 1 heterocycles. The van der Waals surface area contributed by atoms with E-state index in [0.29, 0.717) is 11.3 Å². The lowest BCUT2D eigenvalue weighted by Gasteiger charge is -2.05. The predicted molar refractivity (Wildman–Crippen MR) is 109 cm³/mol. The summed E-state index contributed by atoms with van der Waals surface area (Å²) >= 11 is 0. The number of hydrogen-bond donors (Lipinski definition) is 0. The van der Waals surface area contributed by atoms with Gasteiger partial charge in [0, 0.05) is 11.8 Å². The van der Waals surface area contributed by atoms with Crippen molar-refractivity contribution in [2.45, 2.75) is 13.5 Å². The molecular weight excluding hydrogens is 348 g/mol. The van der Waals surface area contributed by atoms with Crippen molar-refractivity contribution in [1.82, 2.24) is 9.78 Å². The summed E-state index contributed by atoms with van der Waals surface area (Å²) in [7, 11) is 0. The van der Waals surface area contributed by atoms with Gasteiger partial charge in [0.2, 0.25) is 0 Å². The van der Waals surface area contributed by atoms with E-state index in [2.05, 4.69) is 5.10 Å². The topological polar surface area (TPSA) is 44.1 Å². The second-order valence-electron chi connectivity index (χ2n) is 6.60. The molecule has 0 unspecified atom stereocenters. The highest BCUT2D eigenvalue weighted by Gasteiger charge is 2.20. The number of aryl methyl sites for hydroxylation is 1. The van der Waals surface area contributed by atoms with E-state index in [1.54, 1.807) is 10.9 Å². The van der Waals surface area contributed by atoms with E-state index in [1.807, 2.05) is 91.9 Å². The van der Waals surface area contributed by atoms with Crippen LogP contribution in [0.1, 0.15) is 21.5 Å². The van der Waals surface area contributed by atoms with E-state index in [9.17, 15) is 4.79 Å². The maximum atomic E-state index is 12.8. The number of hydrogen-bond acceptors (Lipinski definition) is 3. The summed E-state index contributed by atoms with van der Waals surface area (Å²) in [4.78, 5) is 12.8. The minimum absolute atomic E-state index is 0.226. The van der Waals surface area contributed by atoms with Gasteiger partial charge in [0.05, 0.1) is 5.69 Å². The number of para-hydroxylation sites is 1. The van der Waals surface area contributed by atoms with Crippen LogP contribution in [0.3, 0.4) is 0 Å². The zero-order chi connectivity index (χ0) is 19.3. The first kappa shape index (κ1) is 17.7. The van der Waals surface area contributed by atoms with Gasteiger partial charge < -0.3 is 4.74 Å². The van der Waals surface area contributed by atoms with Crippen LogP contribution in [0.15, 0.2) is 91.1 Å². The van der Waals surface area contributed by atoms with Crippen molar-refractivity contribution < 1.29 is 9.53 Å². The fourth-order valence-electron chi connectivity index (χ4n) is 2.96. The number of esters is 1. The molecule has 1 aromatic heterocycles. The maximum absolute atomic E-state index is 12.8. The third kappa shape index (κ3) is 3.86. The summed E-state index contributed by atoms with van der Waals surface area (Å²) in [5.74, 6) is -0.387. The smallest absolute Gasteiger partial charge is 0.342 e. The van der Waals surface area contributed by atoms with Crippen molar-refractivity contribution in [2.24, 2.45) is 0 Å². The number of carbonyl (C=O) groups excluding carboxylic acids is 1. The van der Waals surface area contributed by atoms with Gasteiger partial charge in [0.25, 0.3) is 0 Å². The molecule has 3 aromatic carbocycles. The van der Waals surface area contributed by atoms with Gasteiger partial charge in [0.1, 0.15) is 17.9 Å². The Morgan fingerprint density at radius 3 is 2.21 bits per heavy atom. The fourth-order valence-corrected chi connectivity index (χ4v) is 2.96. The summed E-state index contributed by atoms with van der Waals surface area (Å²) in [5.41, 5.74) is 4.94. The molecule has 138 valence electrons. The largest absolute Gasteiger partial charge is 0.457 e. The number of benzene rings is 3. The number of rotatable bonds is 5. The molecule has 0 spiro atoms. The average molecular weight is 368 g/mol. The third-order valence-electron chi connectivity index (χ3n) is 4.49. The summed E-state index contributed by atoms with van der Waals surface area (Å²) < 4.78 is 7.29. The van der Waals surface area contributed by atoms with Gasteiger partial charge in [0.15, 0.2) is 0 Å². The van der Waals surface area contributed by atoms with Crippen molar-refractivity contribution in [3.63, 3.8) is 0 Å². The normalized spacial score (nSPS) is 10.6. The van der Waals surface area contributed by atoms with E-state index in [1.165, 1.54) is 5.56 Å². The standard InChI is InChI=1S/C24H20N2O2/c1-18-12-14-19(15-13-18)17-28-24(27)22-16-26(21-10-6-3-7-11-21)25-23(22)20-8-4-2-5-9-20/h2-16H,17H2,1H3. The van der Waals surface area contributed by atoms with E-state index in [4.69, 9.17) is 4.74 Å². The summed E-state index contributed by atoms with van der Waals surface area (Å²) in [6, 6.07) is 27.3. The first-order chi connectivity index (χ1) is 13.7. The van der Waals surface area contributed by atoms with Gasteiger partial charge in [-0.05, 0) is 24.6 Å². The second kappa shape index (κ2) is 7.92.